The largest absolute Gasteiger partial charge is 0.495 e. The van der Waals surface area contributed by atoms with E-state index >= 15 is 0 Å². The lowest BCUT2D eigenvalue weighted by Crippen LogP contribution is -2.11. The zero-order valence-corrected chi connectivity index (χ0v) is 13.3. The van der Waals surface area contributed by atoms with Crippen LogP contribution in [-0.4, -0.2) is 19.5 Å². The lowest BCUT2D eigenvalue weighted by molar-refractivity contribution is 0.0922. The molecular formula is C19H15ClO3. The molecule has 0 fully saturated rings. The van der Waals surface area contributed by atoms with E-state index in [0.29, 0.717) is 22.1 Å². The lowest BCUT2D eigenvalue weighted by atomic mass is 10.1. The van der Waals surface area contributed by atoms with E-state index in [1.54, 1.807) is 18.2 Å². The van der Waals surface area contributed by atoms with Gasteiger partial charge in [0.25, 0.3) is 0 Å². The van der Waals surface area contributed by atoms with E-state index in [9.17, 15) is 4.79 Å². The third-order valence-corrected chi connectivity index (χ3v) is 3.88. The van der Waals surface area contributed by atoms with Crippen LogP contribution in [0.1, 0.15) is 10.4 Å². The molecule has 116 valence electrons. The van der Waals surface area contributed by atoms with E-state index in [4.69, 9.17) is 21.1 Å². The van der Waals surface area contributed by atoms with Crippen LogP contribution in [0.4, 0.5) is 0 Å². The number of benzene rings is 3. The van der Waals surface area contributed by atoms with Crippen LogP contribution in [0.5, 0.6) is 11.5 Å². The first-order valence-electron chi connectivity index (χ1n) is 7.16. The van der Waals surface area contributed by atoms with Gasteiger partial charge >= 0.3 is 0 Å². The Morgan fingerprint density at radius 1 is 1.00 bits per heavy atom. The van der Waals surface area contributed by atoms with E-state index in [1.165, 1.54) is 7.11 Å². The molecule has 0 heterocycles. The summed E-state index contributed by atoms with van der Waals surface area (Å²) in [5.41, 5.74) is 0.496. The van der Waals surface area contributed by atoms with Crippen molar-refractivity contribution in [1.82, 2.24) is 0 Å². The molecule has 0 aromatic heterocycles. The van der Waals surface area contributed by atoms with Crippen LogP contribution in [0.15, 0.2) is 60.7 Å². The van der Waals surface area contributed by atoms with Crippen LogP contribution in [0, 0.1) is 0 Å². The number of fused-ring (bicyclic) bond motifs is 1. The predicted octanol–water partition coefficient (Wildman–Crippen LogP) is 4.76. The normalized spacial score (nSPS) is 10.5. The zero-order valence-electron chi connectivity index (χ0n) is 12.6. The summed E-state index contributed by atoms with van der Waals surface area (Å²) in [7, 11) is 1.53. The minimum atomic E-state index is -0.137. The van der Waals surface area contributed by atoms with Crippen LogP contribution in [-0.2, 0) is 0 Å². The maximum absolute atomic E-state index is 12.3. The topological polar surface area (TPSA) is 35.5 Å². The first-order chi connectivity index (χ1) is 11.2. The third-order valence-electron chi connectivity index (χ3n) is 3.58. The Bertz CT molecular complexity index is 853. The van der Waals surface area contributed by atoms with Crippen LogP contribution < -0.4 is 9.47 Å². The number of carbonyl (C=O) groups excluding carboxylic acids is 1. The molecule has 0 atom stereocenters. The summed E-state index contributed by atoms with van der Waals surface area (Å²) in [6.45, 7) is -0.0450. The van der Waals surface area contributed by atoms with E-state index in [-0.39, 0.29) is 12.4 Å². The molecule has 3 nitrogen and oxygen atoms in total. The molecule has 0 aliphatic heterocycles. The monoisotopic (exact) mass is 326 g/mol. The number of hydrogen-bond donors (Lipinski definition) is 0. The van der Waals surface area contributed by atoms with Crippen LogP contribution >= 0.6 is 11.6 Å². The maximum atomic E-state index is 12.3. The number of halogens is 1. The molecular weight excluding hydrogens is 312 g/mol. The van der Waals surface area contributed by atoms with Crippen molar-refractivity contribution >= 4 is 28.2 Å². The summed E-state index contributed by atoms with van der Waals surface area (Å²) in [5, 5.41) is 2.46. The molecule has 0 N–H and O–H groups in total. The highest BCUT2D eigenvalue weighted by Gasteiger charge is 2.11. The molecule has 0 aliphatic rings. The van der Waals surface area contributed by atoms with Crippen molar-refractivity contribution in [2.24, 2.45) is 0 Å². The third kappa shape index (κ3) is 3.30. The first-order valence-corrected chi connectivity index (χ1v) is 7.54. The van der Waals surface area contributed by atoms with Crippen molar-refractivity contribution < 1.29 is 14.3 Å². The molecule has 0 saturated heterocycles. The van der Waals surface area contributed by atoms with E-state index < -0.39 is 0 Å². The number of Topliss-reactive ketones (excluding diaryl/α,β-unsaturated/α-hetero) is 1. The highest BCUT2D eigenvalue weighted by Crippen LogP contribution is 2.27. The smallest absolute Gasteiger partial charge is 0.200 e. The Morgan fingerprint density at radius 2 is 1.78 bits per heavy atom. The molecule has 3 rings (SSSR count). The van der Waals surface area contributed by atoms with Gasteiger partial charge in [0, 0.05) is 10.9 Å². The minimum absolute atomic E-state index is 0.0450. The Morgan fingerprint density at radius 3 is 2.57 bits per heavy atom. The van der Waals surface area contributed by atoms with Crippen LogP contribution in [0.3, 0.4) is 0 Å². The molecule has 3 aromatic carbocycles. The highest BCUT2D eigenvalue weighted by molar-refractivity contribution is 6.32. The quantitative estimate of drug-likeness (QED) is 0.634. The second-order valence-electron chi connectivity index (χ2n) is 5.04. The number of methoxy groups -OCH3 is 1. The average molecular weight is 327 g/mol. The lowest BCUT2D eigenvalue weighted by Gasteiger charge is -2.09. The number of ether oxygens (including phenoxy) is 2. The molecule has 3 aromatic rings. The Kier molecular flexibility index (Phi) is 4.49. The van der Waals surface area contributed by atoms with Crippen molar-refractivity contribution in [1.29, 1.82) is 0 Å². The summed E-state index contributed by atoms with van der Waals surface area (Å²) in [5.74, 6) is 1.09. The molecule has 0 amide bonds. The molecule has 0 saturated carbocycles. The summed E-state index contributed by atoms with van der Waals surface area (Å²) >= 11 is 6.05. The van der Waals surface area contributed by atoms with Gasteiger partial charge < -0.3 is 9.47 Å². The Balaban J connectivity index is 1.77. The Labute approximate surface area is 139 Å². The summed E-state index contributed by atoms with van der Waals surface area (Å²) in [4.78, 5) is 12.3. The molecule has 0 aliphatic carbocycles. The zero-order chi connectivity index (χ0) is 16.2. The predicted molar refractivity (Wildman–Crippen MR) is 91.8 cm³/mol. The summed E-state index contributed by atoms with van der Waals surface area (Å²) in [6.07, 6.45) is 0. The van der Waals surface area contributed by atoms with Crippen molar-refractivity contribution in [2.45, 2.75) is 0 Å². The molecule has 0 unspecified atom stereocenters. The van der Waals surface area contributed by atoms with E-state index in [1.807, 2.05) is 42.5 Å². The fourth-order valence-electron chi connectivity index (χ4n) is 2.39. The van der Waals surface area contributed by atoms with Gasteiger partial charge in [-0.05, 0) is 29.7 Å². The number of carbonyl (C=O) groups is 1. The second kappa shape index (κ2) is 6.71. The minimum Gasteiger partial charge on any atom is -0.495 e. The molecule has 0 bridgehead atoms. The van der Waals surface area contributed by atoms with Crippen molar-refractivity contribution in [3.63, 3.8) is 0 Å². The fraction of sp³-hybridized carbons (Fsp3) is 0.105. The van der Waals surface area contributed by atoms with Crippen LogP contribution in [0.2, 0.25) is 5.02 Å². The number of ketones is 1. The highest BCUT2D eigenvalue weighted by atomic mass is 35.5. The van der Waals surface area contributed by atoms with Crippen molar-refractivity contribution in [3.05, 3.63) is 71.2 Å². The van der Waals surface area contributed by atoms with Crippen molar-refractivity contribution in [2.75, 3.05) is 13.7 Å². The first kappa shape index (κ1) is 15.4. The SMILES string of the molecule is COc1ccc(C(=O)COc2cccc3ccccc23)cc1Cl. The molecule has 4 heteroatoms. The van der Waals surface area contributed by atoms with Gasteiger partial charge in [-0.25, -0.2) is 0 Å². The fourth-order valence-corrected chi connectivity index (χ4v) is 2.65. The summed E-state index contributed by atoms with van der Waals surface area (Å²) in [6, 6.07) is 18.6. The van der Waals surface area contributed by atoms with E-state index in [2.05, 4.69) is 0 Å². The second-order valence-corrected chi connectivity index (χ2v) is 5.45. The standard InChI is InChI=1S/C19H15ClO3/c1-22-19-10-9-14(11-16(19)20)17(21)12-23-18-8-4-6-13-5-2-3-7-15(13)18/h2-11H,12H2,1H3. The molecule has 0 spiro atoms. The van der Waals surface area contributed by atoms with Crippen molar-refractivity contribution in [3.8, 4) is 11.5 Å². The van der Waals surface area contributed by atoms with Gasteiger partial charge in [-0.1, -0.05) is 48.0 Å². The number of rotatable bonds is 5. The van der Waals surface area contributed by atoms with Crippen LogP contribution in [0.25, 0.3) is 10.8 Å². The van der Waals surface area contributed by atoms with Gasteiger partial charge in [0.05, 0.1) is 12.1 Å². The van der Waals surface area contributed by atoms with Gasteiger partial charge in [0.1, 0.15) is 11.5 Å². The van der Waals surface area contributed by atoms with Gasteiger partial charge in [0.2, 0.25) is 0 Å². The van der Waals surface area contributed by atoms with E-state index in [0.717, 1.165) is 10.8 Å². The maximum Gasteiger partial charge on any atom is 0.200 e. The molecule has 0 radical (unpaired) electrons. The van der Waals surface area contributed by atoms with Gasteiger partial charge in [-0.15, -0.1) is 0 Å². The molecule has 23 heavy (non-hydrogen) atoms. The van der Waals surface area contributed by atoms with Gasteiger partial charge in [-0.3, -0.25) is 4.79 Å². The van der Waals surface area contributed by atoms with Gasteiger partial charge in [0.15, 0.2) is 12.4 Å². The number of hydrogen-bond acceptors (Lipinski definition) is 3. The average Bonchev–Trinajstić information content (AvgIpc) is 2.59. The summed E-state index contributed by atoms with van der Waals surface area (Å²) < 4.78 is 10.8. The van der Waals surface area contributed by atoms with Gasteiger partial charge in [-0.2, -0.15) is 0 Å². The Hall–Kier alpha value is -2.52.